The van der Waals surface area contributed by atoms with Crippen molar-refractivity contribution in [2.24, 2.45) is 0 Å². The van der Waals surface area contributed by atoms with Crippen LogP contribution < -0.4 is 5.73 Å². The molecule has 0 amide bonds. The van der Waals surface area contributed by atoms with Crippen LogP contribution in [0.15, 0.2) is 42.5 Å². The third kappa shape index (κ3) is 2.99. The normalized spacial score (nSPS) is 10.8. The molecule has 0 atom stereocenters. The van der Waals surface area contributed by atoms with Gasteiger partial charge in [-0.3, -0.25) is 0 Å². The van der Waals surface area contributed by atoms with Crippen molar-refractivity contribution < 1.29 is 0 Å². The van der Waals surface area contributed by atoms with Gasteiger partial charge in [-0.1, -0.05) is 35.3 Å². The molecular weight excluding hydrogens is 309 g/mol. The number of rotatable bonds is 3. The van der Waals surface area contributed by atoms with E-state index in [2.05, 4.69) is 15.5 Å². The van der Waals surface area contributed by atoms with Crippen LogP contribution in [0.3, 0.4) is 0 Å². The predicted molar refractivity (Wildman–Crippen MR) is 83.2 cm³/mol. The molecule has 0 unspecified atom stereocenters. The molecule has 0 radical (unpaired) electrons. The molecule has 2 aromatic carbocycles. The molecule has 0 saturated heterocycles. The third-order valence-electron chi connectivity index (χ3n) is 3.01. The second-order valence-corrected chi connectivity index (χ2v) is 5.39. The Hall–Kier alpha value is -2.11. The zero-order chi connectivity index (χ0) is 14.8. The molecule has 1 heterocycles. The third-order valence-corrected chi connectivity index (χ3v) is 3.48. The van der Waals surface area contributed by atoms with Crippen LogP contribution in [-0.4, -0.2) is 20.2 Å². The Balaban J connectivity index is 1.97. The van der Waals surface area contributed by atoms with Gasteiger partial charge >= 0.3 is 0 Å². The van der Waals surface area contributed by atoms with E-state index in [9.17, 15) is 0 Å². The molecule has 3 aromatic rings. The lowest BCUT2D eigenvalue weighted by Gasteiger charge is -2.07. The molecule has 1 aromatic heterocycles. The van der Waals surface area contributed by atoms with E-state index in [4.69, 9.17) is 28.9 Å². The van der Waals surface area contributed by atoms with E-state index >= 15 is 0 Å². The maximum atomic E-state index is 5.99. The second kappa shape index (κ2) is 5.71. The van der Waals surface area contributed by atoms with Crippen LogP contribution in [0, 0.1) is 0 Å². The van der Waals surface area contributed by atoms with Crippen LogP contribution in [0.5, 0.6) is 0 Å². The number of benzene rings is 2. The Kier molecular flexibility index (Phi) is 3.77. The summed E-state index contributed by atoms with van der Waals surface area (Å²) >= 11 is 11.9. The summed E-state index contributed by atoms with van der Waals surface area (Å²) in [5, 5.41) is 13.0. The molecule has 0 saturated carbocycles. The fraction of sp³-hybridized carbons (Fsp3) is 0.0714. The smallest absolute Gasteiger partial charge is 0.184 e. The highest BCUT2D eigenvalue weighted by molar-refractivity contribution is 6.31. The van der Waals surface area contributed by atoms with Gasteiger partial charge in [-0.15, -0.1) is 5.10 Å². The molecular formula is C14H11Cl2N5. The van der Waals surface area contributed by atoms with Gasteiger partial charge in [0.25, 0.3) is 0 Å². The largest absolute Gasteiger partial charge is 0.398 e. The Morgan fingerprint density at radius 3 is 2.62 bits per heavy atom. The van der Waals surface area contributed by atoms with Crippen LogP contribution >= 0.6 is 23.2 Å². The summed E-state index contributed by atoms with van der Waals surface area (Å²) in [6.45, 7) is 0.505. The molecule has 0 aliphatic heterocycles. The SMILES string of the molecule is Nc1cc(Cl)ccc1-c1nnnn1Cc1cccc(Cl)c1. The van der Waals surface area contributed by atoms with Gasteiger partial charge < -0.3 is 5.73 Å². The molecule has 0 aliphatic carbocycles. The lowest BCUT2D eigenvalue weighted by molar-refractivity contribution is 0.653. The monoisotopic (exact) mass is 319 g/mol. The van der Waals surface area contributed by atoms with Crippen molar-refractivity contribution in [1.82, 2.24) is 20.2 Å². The summed E-state index contributed by atoms with van der Waals surface area (Å²) in [6, 6.07) is 12.8. The number of anilines is 1. The number of nitrogen functional groups attached to an aromatic ring is 1. The lowest BCUT2D eigenvalue weighted by Crippen LogP contribution is -2.05. The summed E-state index contributed by atoms with van der Waals surface area (Å²) in [7, 11) is 0. The number of nitrogens with zero attached hydrogens (tertiary/aromatic N) is 4. The van der Waals surface area contributed by atoms with Crippen molar-refractivity contribution in [1.29, 1.82) is 0 Å². The highest BCUT2D eigenvalue weighted by Gasteiger charge is 2.12. The Morgan fingerprint density at radius 2 is 1.86 bits per heavy atom. The fourth-order valence-electron chi connectivity index (χ4n) is 2.05. The van der Waals surface area contributed by atoms with E-state index in [1.807, 2.05) is 24.3 Å². The second-order valence-electron chi connectivity index (χ2n) is 4.52. The van der Waals surface area contributed by atoms with Gasteiger partial charge in [0.15, 0.2) is 5.82 Å². The van der Waals surface area contributed by atoms with Crippen LogP contribution in [0.1, 0.15) is 5.56 Å². The number of hydrogen-bond donors (Lipinski definition) is 1. The van der Waals surface area contributed by atoms with Gasteiger partial charge in [-0.2, -0.15) is 0 Å². The molecule has 0 spiro atoms. The van der Waals surface area contributed by atoms with Crippen molar-refractivity contribution in [3.63, 3.8) is 0 Å². The van der Waals surface area contributed by atoms with Crippen molar-refractivity contribution in [2.75, 3.05) is 5.73 Å². The first-order chi connectivity index (χ1) is 10.1. The van der Waals surface area contributed by atoms with E-state index in [1.54, 1.807) is 22.9 Å². The first-order valence-electron chi connectivity index (χ1n) is 6.19. The topological polar surface area (TPSA) is 69.6 Å². The zero-order valence-electron chi connectivity index (χ0n) is 10.9. The lowest BCUT2D eigenvalue weighted by atomic mass is 10.1. The predicted octanol–water partition coefficient (Wildman–Crippen LogP) is 3.28. The molecule has 21 heavy (non-hydrogen) atoms. The minimum Gasteiger partial charge on any atom is -0.398 e. The quantitative estimate of drug-likeness (QED) is 0.752. The summed E-state index contributed by atoms with van der Waals surface area (Å²) in [6.07, 6.45) is 0. The van der Waals surface area contributed by atoms with Gasteiger partial charge in [-0.05, 0) is 46.3 Å². The van der Waals surface area contributed by atoms with E-state index < -0.39 is 0 Å². The van der Waals surface area contributed by atoms with Crippen molar-refractivity contribution in [2.45, 2.75) is 6.54 Å². The van der Waals surface area contributed by atoms with Gasteiger partial charge in [0.05, 0.1) is 6.54 Å². The summed E-state index contributed by atoms with van der Waals surface area (Å²) in [5.74, 6) is 0.587. The molecule has 3 rings (SSSR count). The van der Waals surface area contributed by atoms with Crippen LogP contribution in [-0.2, 0) is 6.54 Å². The molecule has 5 nitrogen and oxygen atoms in total. The fourth-order valence-corrected chi connectivity index (χ4v) is 2.44. The highest BCUT2D eigenvalue weighted by Crippen LogP contribution is 2.26. The average molecular weight is 320 g/mol. The minimum absolute atomic E-state index is 0.505. The number of aromatic nitrogens is 4. The number of nitrogens with two attached hydrogens (primary N) is 1. The van der Waals surface area contributed by atoms with Crippen molar-refractivity contribution in [3.8, 4) is 11.4 Å². The first kappa shape index (κ1) is 13.9. The summed E-state index contributed by atoms with van der Waals surface area (Å²) in [5.41, 5.74) is 8.26. The highest BCUT2D eigenvalue weighted by atomic mass is 35.5. The Labute approximate surface area is 131 Å². The van der Waals surface area contributed by atoms with Gasteiger partial charge in [0, 0.05) is 21.3 Å². The molecule has 2 N–H and O–H groups in total. The standard InChI is InChI=1S/C14H11Cl2N5/c15-10-3-1-2-9(6-10)8-21-14(18-19-20-21)12-5-4-11(16)7-13(12)17/h1-7H,8,17H2. The molecule has 0 aliphatic rings. The first-order valence-corrected chi connectivity index (χ1v) is 6.95. The maximum absolute atomic E-state index is 5.99. The van der Waals surface area contributed by atoms with E-state index in [0.29, 0.717) is 28.1 Å². The molecule has 0 bridgehead atoms. The van der Waals surface area contributed by atoms with E-state index in [0.717, 1.165) is 11.1 Å². The van der Waals surface area contributed by atoms with E-state index in [-0.39, 0.29) is 0 Å². The van der Waals surface area contributed by atoms with Gasteiger partial charge in [-0.25, -0.2) is 4.68 Å². The number of hydrogen-bond acceptors (Lipinski definition) is 4. The van der Waals surface area contributed by atoms with Crippen molar-refractivity contribution >= 4 is 28.9 Å². The van der Waals surface area contributed by atoms with Crippen LogP contribution in [0.25, 0.3) is 11.4 Å². The number of tetrazole rings is 1. The van der Waals surface area contributed by atoms with E-state index in [1.165, 1.54) is 0 Å². The zero-order valence-corrected chi connectivity index (χ0v) is 12.4. The Bertz CT molecular complexity index is 785. The van der Waals surface area contributed by atoms with Gasteiger partial charge in [0.2, 0.25) is 0 Å². The van der Waals surface area contributed by atoms with Crippen LogP contribution in [0.2, 0.25) is 10.0 Å². The summed E-state index contributed by atoms with van der Waals surface area (Å²) < 4.78 is 1.67. The van der Waals surface area contributed by atoms with Crippen LogP contribution in [0.4, 0.5) is 5.69 Å². The molecule has 106 valence electrons. The molecule has 7 heteroatoms. The Morgan fingerprint density at radius 1 is 1.05 bits per heavy atom. The number of halogens is 2. The molecule has 0 fully saturated rings. The summed E-state index contributed by atoms with van der Waals surface area (Å²) in [4.78, 5) is 0. The maximum Gasteiger partial charge on any atom is 0.184 e. The minimum atomic E-state index is 0.505. The van der Waals surface area contributed by atoms with Crippen molar-refractivity contribution in [3.05, 3.63) is 58.1 Å². The average Bonchev–Trinajstić information content (AvgIpc) is 2.87. The van der Waals surface area contributed by atoms with Gasteiger partial charge in [0.1, 0.15) is 0 Å².